The lowest BCUT2D eigenvalue weighted by molar-refractivity contribution is -0.117. The molecule has 3 atom stereocenters. The summed E-state index contributed by atoms with van der Waals surface area (Å²) in [7, 11) is 0. The maximum absolute atomic E-state index is 14.2. The van der Waals surface area contributed by atoms with E-state index in [1.54, 1.807) is 12.4 Å². The van der Waals surface area contributed by atoms with E-state index in [1.165, 1.54) is 18.5 Å². The van der Waals surface area contributed by atoms with E-state index in [1.807, 2.05) is 11.5 Å². The summed E-state index contributed by atoms with van der Waals surface area (Å²) in [6.45, 7) is 7.74. The molecule has 1 aromatic carbocycles. The third-order valence-electron chi connectivity index (χ3n) is 7.41. The number of amides is 1. The van der Waals surface area contributed by atoms with Crippen LogP contribution in [0.5, 0.6) is 0 Å². The van der Waals surface area contributed by atoms with Gasteiger partial charge < -0.3 is 25.6 Å². The van der Waals surface area contributed by atoms with Gasteiger partial charge in [-0.2, -0.15) is 0 Å². The van der Waals surface area contributed by atoms with Crippen molar-refractivity contribution in [3.8, 4) is 0 Å². The molecule has 11 heteroatoms. The molecule has 1 amide bonds. The average Bonchev–Trinajstić information content (AvgIpc) is 3.39. The van der Waals surface area contributed by atoms with Crippen molar-refractivity contribution in [3.05, 3.63) is 36.7 Å². The van der Waals surface area contributed by atoms with Crippen LogP contribution in [0.4, 0.5) is 21.6 Å². The topological polar surface area (TPSA) is 109 Å². The molecule has 38 heavy (non-hydrogen) atoms. The zero-order valence-corrected chi connectivity index (χ0v) is 22.1. The summed E-state index contributed by atoms with van der Waals surface area (Å²) < 4.78 is 22.0. The molecule has 4 heterocycles. The van der Waals surface area contributed by atoms with Gasteiger partial charge in [0.25, 0.3) is 0 Å². The number of halogens is 1. The fourth-order valence-corrected chi connectivity index (χ4v) is 5.27. The molecule has 3 aromatic rings. The van der Waals surface area contributed by atoms with Crippen LogP contribution >= 0.6 is 0 Å². The molecule has 3 N–H and O–H groups in total. The van der Waals surface area contributed by atoms with Crippen molar-refractivity contribution in [1.82, 2.24) is 24.4 Å². The first-order valence-electron chi connectivity index (χ1n) is 13.7. The van der Waals surface area contributed by atoms with Crippen molar-refractivity contribution in [2.75, 3.05) is 42.2 Å². The Balaban J connectivity index is 1.31. The van der Waals surface area contributed by atoms with Gasteiger partial charge in [0, 0.05) is 19.2 Å². The Morgan fingerprint density at radius 3 is 2.84 bits per heavy atom. The molecule has 0 aliphatic carbocycles. The lowest BCUT2D eigenvalue weighted by Crippen LogP contribution is -2.42. The maximum atomic E-state index is 14.2. The highest BCUT2D eigenvalue weighted by Gasteiger charge is 2.24. The van der Waals surface area contributed by atoms with E-state index in [4.69, 9.17) is 4.74 Å². The van der Waals surface area contributed by atoms with Gasteiger partial charge in [-0.15, -0.1) is 0 Å². The molecule has 2 aromatic heterocycles. The molecule has 10 nitrogen and oxygen atoms in total. The quantitative estimate of drug-likeness (QED) is 0.378. The zero-order valence-electron chi connectivity index (χ0n) is 22.1. The Labute approximate surface area is 222 Å². The van der Waals surface area contributed by atoms with Crippen LogP contribution in [0.1, 0.15) is 58.6 Å². The number of imidazole rings is 1. The largest absolute Gasteiger partial charge is 0.379 e. The highest BCUT2D eigenvalue weighted by Crippen LogP contribution is 2.29. The number of ether oxygens (including phenoxy) is 1. The minimum Gasteiger partial charge on any atom is -0.379 e. The van der Waals surface area contributed by atoms with Crippen LogP contribution in [0.25, 0.3) is 11.2 Å². The normalized spacial score (nSPS) is 21.2. The first-order chi connectivity index (χ1) is 18.6. The minimum absolute atomic E-state index is 0.0975. The Hall–Kier alpha value is -3.31. The van der Waals surface area contributed by atoms with Gasteiger partial charge in [-0.1, -0.05) is 13.8 Å². The predicted molar refractivity (Wildman–Crippen MR) is 146 cm³/mol. The van der Waals surface area contributed by atoms with E-state index in [2.05, 4.69) is 42.7 Å². The Kier molecular flexibility index (Phi) is 8.33. The monoisotopic (exact) mass is 524 g/mol. The summed E-state index contributed by atoms with van der Waals surface area (Å²) in [5.74, 6) is -0.0894. The number of piperidine rings is 1. The molecule has 0 bridgehead atoms. The number of fused-ring (bicyclic) bond motifs is 1. The van der Waals surface area contributed by atoms with Crippen molar-refractivity contribution in [3.63, 3.8) is 0 Å². The Bertz CT molecular complexity index is 1250. The number of hydrogen-bond acceptors (Lipinski definition) is 8. The number of carbonyl (C=O) groups is 1. The number of hydrogen-bond donors (Lipinski definition) is 3. The van der Waals surface area contributed by atoms with Crippen LogP contribution in [0.15, 0.2) is 30.9 Å². The first kappa shape index (κ1) is 26.3. The number of nitrogens with zero attached hydrogens (tertiary/aromatic N) is 5. The highest BCUT2D eigenvalue weighted by atomic mass is 19.1. The predicted octanol–water partition coefficient (Wildman–Crippen LogP) is 4.39. The second-order valence-electron chi connectivity index (χ2n) is 10.0. The van der Waals surface area contributed by atoms with Crippen LogP contribution in [0.3, 0.4) is 0 Å². The second kappa shape index (κ2) is 12.0. The van der Waals surface area contributed by atoms with E-state index in [0.717, 1.165) is 58.3 Å². The fraction of sp³-hybridized carbons (Fsp3) is 0.556. The van der Waals surface area contributed by atoms with Gasteiger partial charge in [-0.05, 0) is 69.8 Å². The van der Waals surface area contributed by atoms with Crippen molar-refractivity contribution in [2.45, 2.75) is 70.7 Å². The number of anilines is 3. The lowest BCUT2D eigenvalue weighted by atomic mass is 10.0. The summed E-state index contributed by atoms with van der Waals surface area (Å²) in [5, 5.41) is 9.71. The number of benzene rings is 1. The van der Waals surface area contributed by atoms with Crippen LogP contribution in [0, 0.1) is 5.82 Å². The van der Waals surface area contributed by atoms with Gasteiger partial charge in [0.2, 0.25) is 5.91 Å². The maximum Gasteiger partial charge on any atom is 0.246 e. The summed E-state index contributed by atoms with van der Waals surface area (Å²) in [6.07, 6.45) is 8.76. The molecule has 204 valence electrons. The standard InChI is InChI=1S/C27H37FN8O2/c1-3-20(33-25-24-26(30-16-29-25)36(17-31-24)23-9-5-6-13-38-23)27(37)34-21-11-10-18(28)14-22(21)32-19-8-7-12-35(4-2)15-19/h10-11,14,16-17,19-20,23,32H,3-9,12-13,15H2,1-2H3,(H,34,37)(H,29,30,33)/t19?,20-,23+/m1/s1. The van der Waals surface area contributed by atoms with Gasteiger partial charge in [-0.3, -0.25) is 9.36 Å². The van der Waals surface area contributed by atoms with E-state index in [0.29, 0.717) is 34.8 Å². The molecule has 0 radical (unpaired) electrons. The van der Waals surface area contributed by atoms with E-state index >= 15 is 0 Å². The van der Waals surface area contributed by atoms with E-state index in [9.17, 15) is 9.18 Å². The molecule has 2 aliphatic rings. The summed E-state index contributed by atoms with van der Waals surface area (Å²) in [6, 6.07) is 4.04. The van der Waals surface area contributed by atoms with Gasteiger partial charge >= 0.3 is 0 Å². The van der Waals surface area contributed by atoms with Crippen molar-refractivity contribution < 1.29 is 13.9 Å². The van der Waals surface area contributed by atoms with Crippen molar-refractivity contribution in [1.29, 1.82) is 0 Å². The van der Waals surface area contributed by atoms with Crippen LogP contribution in [-0.4, -0.2) is 68.7 Å². The molecule has 1 unspecified atom stereocenters. The SMILES string of the molecule is CC[C@@H](Nc1ncnc2c1ncn2[C@@H]1CCCCO1)C(=O)Nc1ccc(F)cc1NC1CCCN(CC)C1. The average molecular weight is 525 g/mol. The van der Waals surface area contributed by atoms with Crippen LogP contribution < -0.4 is 16.0 Å². The molecule has 2 fully saturated rings. The van der Waals surface area contributed by atoms with Crippen molar-refractivity contribution >= 4 is 34.3 Å². The lowest BCUT2D eigenvalue weighted by Gasteiger charge is -2.33. The van der Waals surface area contributed by atoms with E-state index < -0.39 is 6.04 Å². The van der Waals surface area contributed by atoms with Crippen LogP contribution in [-0.2, 0) is 9.53 Å². The molecular formula is C27H37FN8O2. The van der Waals surface area contributed by atoms with E-state index in [-0.39, 0.29) is 24.0 Å². The third kappa shape index (κ3) is 5.88. The molecule has 0 saturated carbocycles. The zero-order chi connectivity index (χ0) is 26.5. The van der Waals surface area contributed by atoms with Gasteiger partial charge in [0.05, 0.1) is 17.7 Å². The summed E-state index contributed by atoms with van der Waals surface area (Å²) in [5.41, 5.74) is 2.40. The van der Waals surface area contributed by atoms with Gasteiger partial charge in [0.15, 0.2) is 17.0 Å². The smallest absolute Gasteiger partial charge is 0.246 e. The molecular weight excluding hydrogens is 487 g/mol. The number of likely N-dealkylation sites (tertiary alicyclic amines) is 1. The Morgan fingerprint density at radius 2 is 2.05 bits per heavy atom. The molecule has 0 spiro atoms. The van der Waals surface area contributed by atoms with Gasteiger partial charge in [-0.25, -0.2) is 19.3 Å². The number of likely N-dealkylation sites (N-methyl/N-ethyl adjacent to an activating group) is 1. The van der Waals surface area contributed by atoms with Crippen molar-refractivity contribution in [2.24, 2.45) is 0 Å². The molecule has 2 saturated heterocycles. The first-order valence-corrected chi connectivity index (χ1v) is 13.7. The number of rotatable bonds is 9. The molecule has 5 rings (SSSR count). The summed E-state index contributed by atoms with van der Waals surface area (Å²) in [4.78, 5) is 29.1. The summed E-state index contributed by atoms with van der Waals surface area (Å²) >= 11 is 0. The van der Waals surface area contributed by atoms with Gasteiger partial charge in [0.1, 0.15) is 24.4 Å². The Morgan fingerprint density at radius 1 is 1.16 bits per heavy atom. The fourth-order valence-electron chi connectivity index (χ4n) is 5.27. The highest BCUT2D eigenvalue weighted by molar-refractivity contribution is 5.99. The second-order valence-corrected chi connectivity index (χ2v) is 10.0. The molecule has 2 aliphatic heterocycles. The number of aromatic nitrogens is 4. The third-order valence-corrected chi connectivity index (χ3v) is 7.41. The van der Waals surface area contributed by atoms with Crippen LogP contribution in [0.2, 0.25) is 0 Å². The minimum atomic E-state index is -0.577. The number of nitrogens with one attached hydrogen (secondary N) is 3. The number of carbonyl (C=O) groups excluding carboxylic acids is 1.